The van der Waals surface area contributed by atoms with Crippen molar-refractivity contribution in [2.45, 2.75) is 24.8 Å². The number of benzene rings is 4. The number of carbonyl (C=O) groups excluding carboxylic acids is 2. The number of methoxy groups -OCH3 is 1. The molecule has 222 valence electrons. The molecule has 0 saturated carbocycles. The molecule has 0 fully saturated rings. The summed E-state index contributed by atoms with van der Waals surface area (Å²) in [6, 6.07) is 23.5. The highest BCUT2D eigenvalue weighted by Crippen LogP contribution is 2.32. The number of aryl methyl sites for hydroxylation is 1. The van der Waals surface area contributed by atoms with E-state index in [0.717, 1.165) is 15.4 Å². The Balaban J connectivity index is 1.37. The standard InChI is InChI=1S/C32H29Cl2N3O5S/c1-21-3-12-27(13-4-21)43(40,41)36(19-22-5-14-28(33)29(34)17-22)20-31(38)35-25-9-6-23-15-16-37(30(23)18-25)32(39)24-7-10-26(42-2)11-8-24/h3-14,17-18H,15-16,19-20H2,1-2H3,(H,35,38). The highest BCUT2D eigenvalue weighted by Gasteiger charge is 2.29. The van der Waals surface area contributed by atoms with Crippen LogP contribution in [0, 0.1) is 6.92 Å². The average Bonchev–Trinajstić information content (AvgIpc) is 3.42. The number of hydrogen-bond donors (Lipinski definition) is 1. The van der Waals surface area contributed by atoms with Gasteiger partial charge in [-0.1, -0.05) is 53.0 Å². The van der Waals surface area contributed by atoms with Gasteiger partial charge in [0.2, 0.25) is 15.9 Å². The van der Waals surface area contributed by atoms with E-state index in [0.29, 0.717) is 46.2 Å². The highest BCUT2D eigenvalue weighted by molar-refractivity contribution is 7.89. The van der Waals surface area contributed by atoms with E-state index < -0.39 is 22.5 Å². The fraction of sp³-hybridized carbons (Fsp3) is 0.188. The Labute approximate surface area is 260 Å². The van der Waals surface area contributed by atoms with Gasteiger partial charge in [0.25, 0.3) is 5.91 Å². The van der Waals surface area contributed by atoms with E-state index in [-0.39, 0.29) is 22.4 Å². The van der Waals surface area contributed by atoms with Crippen LogP contribution in [0.25, 0.3) is 0 Å². The topological polar surface area (TPSA) is 96.0 Å². The van der Waals surface area contributed by atoms with Crippen molar-refractivity contribution in [3.8, 4) is 5.75 Å². The molecule has 4 aromatic rings. The Morgan fingerprint density at radius 1 is 0.930 bits per heavy atom. The van der Waals surface area contributed by atoms with Gasteiger partial charge >= 0.3 is 0 Å². The molecule has 0 atom stereocenters. The molecule has 1 aliphatic rings. The van der Waals surface area contributed by atoms with Crippen LogP contribution in [-0.2, 0) is 27.8 Å². The van der Waals surface area contributed by atoms with Crippen LogP contribution >= 0.6 is 23.2 Å². The molecule has 0 aromatic heterocycles. The second kappa shape index (κ2) is 12.8. The highest BCUT2D eigenvalue weighted by atomic mass is 35.5. The number of anilines is 2. The first-order valence-corrected chi connectivity index (χ1v) is 15.6. The number of ether oxygens (including phenoxy) is 1. The van der Waals surface area contributed by atoms with Crippen LogP contribution in [0.3, 0.4) is 0 Å². The number of sulfonamides is 1. The molecule has 43 heavy (non-hydrogen) atoms. The normalized spacial score (nSPS) is 12.7. The van der Waals surface area contributed by atoms with Gasteiger partial charge < -0.3 is 15.0 Å². The number of halogens is 2. The molecule has 1 N–H and O–H groups in total. The van der Waals surface area contributed by atoms with Gasteiger partial charge in [-0.15, -0.1) is 0 Å². The van der Waals surface area contributed by atoms with Crippen LogP contribution in [0.2, 0.25) is 10.0 Å². The van der Waals surface area contributed by atoms with Crippen LogP contribution in [0.15, 0.2) is 89.8 Å². The maximum absolute atomic E-state index is 13.7. The first kappa shape index (κ1) is 30.6. The van der Waals surface area contributed by atoms with Gasteiger partial charge in [-0.05, 0) is 85.1 Å². The third-order valence-electron chi connectivity index (χ3n) is 7.17. The van der Waals surface area contributed by atoms with Crippen molar-refractivity contribution in [3.05, 3.63) is 117 Å². The fourth-order valence-corrected chi connectivity index (χ4v) is 6.55. The lowest BCUT2D eigenvalue weighted by molar-refractivity contribution is -0.116. The van der Waals surface area contributed by atoms with E-state index in [2.05, 4.69) is 5.32 Å². The van der Waals surface area contributed by atoms with Gasteiger partial charge in [0, 0.05) is 30.0 Å². The predicted molar refractivity (Wildman–Crippen MR) is 169 cm³/mol. The summed E-state index contributed by atoms with van der Waals surface area (Å²) in [5, 5.41) is 3.43. The van der Waals surface area contributed by atoms with Crippen LogP contribution in [0.5, 0.6) is 5.75 Å². The minimum atomic E-state index is -4.06. The first-order chi connectivity index (χ1) is 20.5. The van der Waals surface area contributed by atoms with Crippen LogP contribution in [-0.4, -0.2) is 44.7 Å². The van der Waals surface area contributed by atoms with Gasteiger partial charge in [-0.25, -0.2) is 8.42 Å². The first-order valence-electron chi connectivity index (χ1n) is 13.4. The Bertz CT molecular complexity index is 1780. The molecule has 0 radical (unpaired) electrons. The van der Waals surface area contributed by atoms with E-state index in [1.165, 1.54) is 12.1 Å². The molecule has 5 rings (SSSR count). The van der Waals surface area contributed by atoms with Crippen molar-refractivity contribution in [2.24, 2.45) is 0 Å². The lowest BCUT2D eigenvalue weighted by atomic mass is 10.1. The number of nitrogens with zero attached hydrogens (tertiary/aromatic N) is 2. The summed E-state index contributed by atoms with van der Waals surface area (Å²) in [5.41, 5.74) is 4.11. The van der Waals surface area contributed by atoms with Gasteiger partial charge in [-0.2, -0.15) is 4.31 Å². The summed E-state index contributed by atoms with van der Waals surface area (Å²) in [6.45, 7) is 1.81. The summed E-state index contributed by atoms with van der Waals surface area (Å²) in [5.74, 6) is -0.0513. The summed E-state index contributed by atoms with van der Waals surface area (Å²) in [7, 11) is -2.49. The third-order valence-corrected chi connectivity index (χ3v) is 9.71. The Morgan fingerprint density at radius 3 is 2.33 bits per heavy atom. The number of rotatable bonds is 9. The molecule has 0 spiro atoms. The Hall–Kier alpha value is -3.89. The lowest BCUT2D eigenvalue weighted by Crippen LogP contribution is -2.37. The second-order valence-electron chi connectivity index (χ2n) is 10.2. The summed E-state index contributed by atoms with van der Waals surface area (Å²) >= 11 is 12.2. The van der Waals surface area contributed by atoms with E-state index in [1.807, 2.05) is 13.0 Å². The molecule has 0 aliphatic carbocycles. The number of hydrogen-bond acceptors (Lipinski definition) is 5. The predicted octanol–water partition coefficient (Wildman–Crippen LogP) is 6.34. The van der Waals surface area contributed by atoms with Crippen molar-refractivity contribution < 1.29 is 22.7 Å². The molecular formula is C32H29Cl2N3O5S. The largest absolute Gasteiger partial charge is 0.497 e. The maximum Gasteiger partial charge on any atom is 0.258 e. The minimum Gasteiger partial charge on any atom is -0.497 e. The molecule has 4 aromatic carbocycles. The molecule has 11 heteroatoms. The van der Waals surface area contributed by atoms with Gasteiger partial charge in [0.15, 0.2) is 0 Å². The Kier molecular flexibility index (Phi) is 9.08. The Morgan fingerprint density at radius 2 is 1.65 bits per heavy atom. The van der Waals surface area contributed by atoms with Gasteiger partial charge in [-0.3, -0.25) is 9.59 Å². The quantitative estimate of drug-likeness (QED) is 0.231. The van der Waals surface area contributed by atoms with E-state index in [9.17, 15) is 18.0 Å². The zero-order valence-electron chi connectivity index (χ0n) is 23.5. The van der Waals surface area contributed by atoms with Crippen LogP contribution in [0.4, 0.5) is 11.4 Å². The molecule has 2 amide bonds. The summed E-state index contributed by atoms with van der Waals surface area (Å²) < 4.78 is 33.6. The third kappa shape index (κ3) is 6.86. The van der Waals surface area contributed by atoms with E-state index in [1.54, 1.807) is 78.7 Å². The summed E-state index contributed by atoms with van der Waals surface area (Å²) in [6.07, 6.45) is 0.678. The molecule has 0 saturated heterocycles. The number of nitrogens with one attached hydrogen (secondary N) is 1. The lowest BCUT2D eigenvalue weighted by Gasteiger charge is -2.23. The van der Waals surface area contributed by atoms with Crippen molar-refractivity contribution in [3.63, 3.8) is 0 Å². The van der Waals surface area contributed by atoms with Crippen molar-refractivity contribution in [1.82, 2.24) is 4.31 Å². The maximum atomic E-state index is 13.7. The SMILES string of the molecule is COc1ccc(C(=O)N2CCc3ccc(NC(=O)CN(Cc4ccc(Cl)c(Cl)c4)S(=O)(=O)c4ccc(C)cc4)cc32)cc1. The zero-order chi connectivity index (χ0) is 30.7. The van der Waals surface area contributed by atoms with Gasteiger partial charge in [0.05, 0.1) is 28.6 Å². The van der Waals surface area contributed by atoms with Crippen molar-refractivity contribution in [2.75, 3.05) is 30.4 Å². The summed E-state index contributed by atoms with van der Waals surface area (Å²) in [4.78, 5) is 28.3. The minimum absolute atomic E-state index is 0.0659. The molecule has 1 heterocycles. The van der Waals surface area contributed by atoms with Crippen LogP contribution in [0.1, 0.15) is 27.0 Å². The van der Waals surface area contributed by atoms with Crippen molar-refractivity contribution >= 4 is 56.4 Å². The van der Waals surface area contributed by atoms with E-state index in [4.69, 9.17) is 27.9 Å². The molecule has 8 nitrogen and oxygen atoms in total. The van der Waals surface area contributed by atoms with Crippen molar-refractivity contribution in [1.29, 1.82) is 0 Å². The van der Waals surface area contributed by atoms with Crippen LogP contribution < -0.4 is 15.0 Å². The fourth-order valence-electron chi connectivity index (χ4n) is 4.84. The van der Waals surface area contributed by atoms with Gasteiger partial charge in [0.1, 0.15) is 5.75 Å². The molecule has 0 unspecified atom stereocenters. The molecule has 1 aliphatic heterocycles. The number of carbonyl (C=O) groups is 2. The number of fused-ring (bicyclic) bond motifs is 1. The smallest absolute Gasteiger partial charge is 0.258 e. The monoisotopic (exact) mass is 637 g/mol. The zero-order valence-corrected chi connectivity index (χ0v) is 25.8. The average molecular weight is 639 g/mol. The van der Waals surface area contributed by atoms with E-state index >= 15 is 0 Å². The number of amides is 2. The molecular weight excluding hydrogens is 609 g/mol. The second-order valence-corrected chi connectivity index (χ2v) is 12.9. The molecule has 0 bridgehead atoms.